The van der Waals surface area contributed by atoms with Crippen LogP contribution in [0.3, 0.4) is 0 Å². The number of benzene rings is 3. The number of hydrogen-bond acceptors (Lipinski definition) is 5. The minimum atomic E-state index is -0.377. The van der Waals surface area contributed by atoms with Gasteiger partial charge in [0.05, 0.1) is 11.6 Å². The van der Waals surface area contributed by atoms with Crippen LogP contribution in [0.1, 0.15) is 18.1 Å². The summed E-state index contributed by atoms with van der Waals surface area (Å²) in [5.74, 6) is 2.35. The maximum atomic E-state index is 13.2. The molecule has 3 aromatic carbocycles. The maximum absolute atomic E-state index is 13.2. The van der Waals surface area contributed by atoms with Gasteiger partial charge in [0.1, 0.15) is 12.4 Å². The zero-order valence-corrected chi connectivity index (χ0v) is 17.2. The minimum absolute atomic E-state index is 0.216. The van der Waals surface area contributed by atoms with Gasteiger partial charge in [0.2, 0.25) is 6.79 Å². The Hall–Kier alpha value is -3.12. The molecule has 0 aliphatic carbocycles. The van der Waals surface area contributed by atoms with Crippen LogP contribution in [0.25, 0.3) is 0 Å². The standard InChI is InChI=1S/C23H21ClFNO4/c1-2-27-22-9-15(12-26-18-6-8-21-23(11-18)30-14-29-21)3-7-20(22)28-13-16-4-5-17(25)10-19(16)24/h3-11,26H,2,12-14H2,1H3. The lowest BCUT2D eigenvalue weighted by Gasteiger charge is -2.15. The van der Waals surface area contributed by atoms with Crippen molar-refractivity contribution in [1.29, 1.82) is 0 Å². The summed E-state index contributed by atoms with van der Waals surface area (Å²) in [6, 6.07) is 15.7. The number of anilines is 1. The third-order valence-electron chi connectivity index (χ3n) is 4.58. The maximum Gasteiger partial charge on any atom is 0.231 e. The van der Waals surface area contributed by atoms with E-state index in [1.54, 1.807) is 6.07 Å². The molecule has 0 saturated heterocycles. The van der Waals surface area contributed by atoms with Crippen molar-refractivity contribution in [1.82, 2.24) is 0 Å². The molecule has 3 aromatic rings. The van der Waals surface area contributed by atoms with Gasteiger partial charge in [0.15, 0.2) is 23.0 Å². The average Bonchev–Trinajstić information content (AvgIpc) is 3.21. The van der Waals surface area contributed by atoms with Crippen molar-refractivity contribution >= 4 is 17.3 Å². The molecule has 0 amide bonds. The van der Waals surface area contributed by atoms with Crippen molar-refractivity contribution in [2.75, 3.05) is 18.7 Å². The summed E-state index contributed by atoms with van der Waals surface area (Å²) < 4.78 is 35.6. The molecule has 156 valence electrons. The van der Waals surface area contributed by atoms with Crippen molar-refractivity contribution < 1.29 is 23.3 Å². The lowest BCUT2D eigenvalue weighted by atomic mass is 10.2. The smallest absolute Gasteiger partial charge is 0.231 e. The molecule has 0 radical (unpaired) electrons. The van der Waals surface area contributed by atoms with Gasteiger partial charge in [-0.25, -0.2) is 4.39 Å². The summed E-state index contributed by atoms with van der Waals surface area (Å²) in [6.45, 7) is 3.49. The van der Waals surface area contributed by atoms with Crippen LogP contribution in [0.4, 0.5) is 10.1 Å². The van der Waals surface area contributed by atoms with Crippen LogP contribution >= 0.6 is 11.6 Å². The molecule has 30 heavy (non-hydrogen) atoms. The quantitative estimate of drug-likeness (QED) is 0.490. The summed E-state index contributed by atoms with van der Waals surface area (Å²) in [7, 11) is 0. The first-order valence-corrected chi connectivity index (χ1v) is 9.96. The number of halogens is 2. The second kappa shape index (κ2) is 9.13. The summed E-state index contributed by atoms with van der Waals surface area (Å²) in [5, 5.41) is 3.70. The Morgan fingerprint density at radius 2 is 1.83 bits per heavy atom. The fraction of sp³-hybridized carbons (Fsp3) is 0.217. The second-order valence-electron chi connectivity index (χ2n) is 6.66. The number of hydrogen-bond donors (Lipinski definition) is 1. The van der Waals surface area contributed by atoms with Crippen molar-refractivity contribution in [3.05, 3.63) is 76.6 Å². The molecule has 1 N–H and O–H groups in total. The van der Waals surface area contributed by atoms with Gasteiger partial charge in [-0.05, 0) is 48.9 Å². The van der Waals surface area contributed by atoms with Crippen molar-refractivity contribution in [3.8, 4) is 23.0 Å². The summed E-state index contributed by atoms with van der Waals surface area (Å²) in [5.41, 5.74) is 2.67. The Morgan fingerprint density at radius 3 is 2.67 bits per heavy atom. The molecule has 0 atom stereocenters. The molecule has 0 aromatic heterocycles. The van der Waals surface area contributed by atoms with E-state index in [0.717, 1.165) is 22.7 Å². The van der Waals surface area contributed by atoms with Crippen LogP contribution in [0, 0.1) is 5.82 Å². The molecule has 7 heteroatoms. The topological polar surface area (TPSA) is 49.0 Å². The van der Waals surface area contributed by atoms with Crippen molar-refractivity contribution in [2.24, 2.45) is 0 Å². The first-order valence-electron chi connectivity index (χ1n) is 9.58. The zero-order valence-electron chi connectivity index (χ0n) is 16.4. The summed E-state index contributed by atoms with van der Waals surface area (Å²) >= 11 is 6.08. The fourth-order valence-electron chi connectivity index (χ4n) is 3.05. The molecule has 0 unspecified atom stereocenters. The normalized spacial score (nSPS) is 12.0. The molecule has 5 nitrogen and oxygen atoms in total. The molecule has 1 heterocycles. The highest BCUT2D eigenvalue weighted by Crippen LogP contribution is 2.35. The van der Waals surface area contributed by atoms with Gasteiger partial charge in [-0.1, -0.05) is 23.7 Å². The van der Waals surface area contributed by atoms with Crippen molar-refractivity contribution in [3.63, 3.8) is 0 Å². The van der Waals surface area contributed by atoms with Gasteiger partial charge in [-0.15, -0.1) is 0 Å². The van der Waals surface area contributed by atoms with Crippen LogP contribution in [0.5, 0.6) is 23.0 Å². The number of nitrogens with one attached hydrogen (secondary N) is 1. The predicted molar refractivity (Wildman–Crippen MR) is 113 cm³/mol. The van der Waals surface area contributed by atoms with Gasteiger partial charge in [0, 0.05) is 23.9 Å². The predicted octanol–water partition coefficient (Wildman–Crippen LogP) is 5.80. The van der Waals surface area contributed by atoms with E-state index in [0.29, 0.717) is 35.2 Å². The number of rotatable bonds is 8. The Bertz CT molecular complexity index is 1040. The molecule has 0 spiro atoms. The van der Waals surface area contributed by atoms with Crippen LogP contribution in [-0.4, -0.2) is 13.4 Å². The molecule has 1 aliphatic rings. The zero-order chi connectivity index (χ0) is 20.9. The summed E-state index contributed by atoms with van der Waals surface area (Å²) in [6.07, 6.45) is 0. The van der Waals surface area contributed by atoms with E-state index < -0.39 is 0 Å². The van der Waals surface area contributed by atoms with Gasteiger partial charge >= 0.3 is 0 Å². The van der Waals surface area contributed by atoms with Crippen LogP contribution in [-0.2, 0) is 13.2 Å². The first kappa shape index (κ1) is 20.2. The van der Waals surface area contributed by atoms with E-state index in [9.17, 15) is 4.39 Å². The number of fused-ring (bicyclic) bond motifs is 1. The van der Waals surface area contributed by atoms with E-state index in [4.69, 9.17) is 30.5 Å². The highest BCUT2D eigenvalue weighted by Gasteiger charge is 2.13. The van der Waals surface area contributed by atoms with Crippen LogP contribution < -0.4 is 24.3 Å². The molecule has 0 fully saturated rings. The molecule has 4 rings (SSSR count). The highest BCUT2D eigenvalue weighted by atomic mass is 35.5. The monoisotopic (exact) mass is 429 g/mol. The van der Waals surface area contributed by atoms with Gasteiger partial charge in [-0.2, -0.15) is 0 Å². The molecule has 1 aliphatic heterocycles. The second-order valence-corrected chi connectivity index (χ2v) is 7.07. The van der Waals surface area contributed by atoms with Crippen molar-refractivity contribution in [2.45, 2.75) is 20.1 Å². The Morgan fingerprint density at radius 1 is 0.967 bits per heavy atom. The van der Waals surface area contributed by atoms with E-state index in [1.807, 2.05) is 43.3 Å². The van der Waals surface area contributed by atoms with E-state index in [-0.39, 0.29) is 19.2 Å². The average molecular weight is 430 g/mol. The molecular weight excluding hydrogens is 409 g/mol. The van der Waals surface area contributed by atoms with Crippen LogP contribution in [0.2, 0.25) is 5.02 Å². The Balaban J connectivity index is 1.43. The summed E-state index contributed by atoms with van der Waals surface area (Å²) in [4.78, 5) is 0. The lowest BCUT2D eigenvalue weighted by molar-refractivity contribution is 0.174. The van der Waals surface area contributed by atoms with E-state index >= 15 is 0 Å². The largest absolute Gasteiger partial charge is 0.490 e. The minimum Gasteiger partial charge on any atom is -0.490 e. The first-order chi connectivity index (χ1) is 14.6. The highest BCUT2D eigenvalue weighted by molar-refractivity contribution is 6.31. The van der Waals surface area contributed by atoms with E-state index in [1.165, 1.54) is 12.1 Å². The molecule has 0 saturated carbocycles. The lowest BCUT2D eigenvalue weighted by Crippen LogP contribution is -2.03. The van der Waals surface area contributed by atoms with E-state index in [2.05, 4.69) is 5.32 Å². The SMILES string of the molecule is CCOc1cc(CNc2ccc3c(c2)OCO3)ccc1OCc1ccc(F)cc1Cl. The Labute approximate surface area is 179 Å². The Kier molecular flexibility index (Phi) is 6.14. The van der Waals surface area contributed by atoms with Gasteiger partial charge < -0.3 is 24.3 Å². The van der Waals surface area contributed by atoms with Gasteiger partial charge in [-0.3, -0.25) is 0 Å². The van der Waals surface area contributed by atoms with Crippen LogP contribution in [0.15, 0.2) is 54.6 Å². The fourth-order valence-corrected chi connectivity index (χ4v) is 3.28. The third kappa shape index (κ3) is 4.71. The van der Waals surface area contributed by atoms with Gasteiger partial charge in [0.25, 0.3) is 0 Å². The third-order valence-corrected chi connectivity index (χ3v) is 4.93. The molecular formula is C23H21ClFNO4. The molecule has 0 bridgehead atoms. The number of ether oxygens (including phenoxy) is 4.